The lowest BCUT2D eigenvalue weighted by Crippen LogP contribution is -2.58. The summed E-state index contributed by atoms with van der Waals surface area (Å²) in [5.74, 6) is 1.81. The molecule has 5 N–H and O–H groups in total. The van der Waals surface area contributed by atoms with Crippen molar-refractivity contribution in [3.05, 3.63) is 65.2 Å². The molecule has 2 aromatic rings. The number of nitrogens with one attached hydrogen (secondary N) is 2. The number of amidine groups is 1. The van der Waals surface area contributed by atoms with Crippen LogP contribution in [0.5, 0.6) is 5.75 Å². The molecule has 1 saturated heterocycles. The van der Waals surface area contributed by atoms with Gasteiger partial charge in [-0.1, -0.05) is 71.0 Å². The topological polar surface area (TPSA) is 120 Å². The molecular formula is C40H59N5O3. The fourth-order valence-corrected chi connectivity index (χ4v) is 8.55. The Morgan fingerprint density at radius 1 is 1.12 bits per heavy atom. The van der Waals surface area contributed by atoms with Gasteiger partial charge in [0.05, 0.1) is 11.3 Å². The third-order valence-electron chi connectivity index (χ3n) is 11.6. The molecule has 2 bridgehead atoms. The van der Waals surface area contributed by atoms with Crippen LogP contribution in [-0.4, -0.2) is 65.9 Å². The molecule has 262 valence electrons. The Bertz CT molecular complexity index is 1440. The molecule has 1 saturated carbocycles. The molecule has 3 aliphatic rings. The van der Waals surface area contributed by atoms with Gasteiger partial charge in [-0.15, -0.1) is 0 Å². The van der Waals surface area contributed by atoms with Gasteiger partial charge >= 0.3 is 0 Å². The fourth-order valence-electron chi connectivity index (χ4n) is 8.55. The molecular weight excluding hydrogens is 598 g/mol. The van der Waals surface area contributed by atoms with Crippen LogP contribution in [0.25, 0.3) is 0 Å². The quantitative estimate of drug-likeness (QED) is 0.103. The highest BCUT2D eigenvalue weighted by Crippen LogP contribution is 2.57. The molecule has 2 amide bonds. The lowest BCUT2D eigenvalue weighted by Gasteiger charge is -2.55. The molecule has 0 radical (unpaired) electrons. The van der Waals surface area contributed by atoms with Gasteiger partial charge in [0.1, 0.15) is 11.8 Å². The number of piperidine rings is 1. The first kappa shape index (κ1) is 35.9. The summed E-state index contributed by atoms with van der Waals surface area (Å²) in [4.78, 5) is 34.9. The van der Waals surface area contributed by atoms with Crippen LogP contribution in [0.1, 0.15) is 103 Å². The number of nitrogens with zero attached hydrogens (tertiary/aromatic N) is 2. The number of amides is 2. The van der Waals surface area contributed by atoms with Crippen molar-refractivity contribution in [3.63, 3.8) is 0 Å². The number of phenolic OH excluding ortho intramolecular Hbond substituents is 1. The van der Waals surface area contributed by atoms with E-state index in [1.54, 1.807) is 0 Å². The van der Waals surface area contributed by atoms with Crippen LogP contribution in [0.3, 0.4) is 0 Å². The van der Waals surface area contributed by atoms with Gasteiger partial charge in [0.15, 0.2) is 0 Å². The number of likely N-dealkylation sites (tertiary alicyclic amines) is 1. The van der Waals surface area contributed by atoms with Crippen LogP contribution < -0.4 is 16.4 Å². The van der Waals surface area contributed by atoms with E-state index in [1.165, 1.54) is 11.1 Å². The van der Waals surface area contributed by atoms with Gasteiger partial charge in [-0.05, 0) is 110 Å². The highest BCUT2D eigenvalue weighted by Gasteiger charge is 2.62. The summed E-state index contributed by atoms with van der Waals surface area (Å²) in [6, 6.07) is 15.9. The smallest absolute Gasteiger partial charge is 0.242 e. The number of phenols is 1. The summed E-state index contributed by atoms with van der Waals surface area (Å²) in [7, 11) is 0. The van der Waals surface area contributed by atoms with Crippen LogP contribution in [0, 0.1) is 17.8 Å². The van der Waals surface area contributed by atoms with E-state index in [-0.39, 0.29) is 29.1 Å². The van der Waals surface area contributed by atoms with Crippen molar-refractivity contribution in [1.82, 2.24) is 15.5 Å². The molecule has 48 heavy (non-hydrogen) atoms. The van der Waals surface area contributed by atoms with E-state index in [0.717, 1.165) is 82.4 Å². The number of aromatic hydroxyl groups is 1. The standard InChI is InChI=1S/C40H59N5O3/c1-6-13-36(41)42-19-11-8-12-20-43-37(47)34(22-27(2)3)44-38(48)40(30-14-9-7-10-15-30)25-31(40)26-45-21-18-39(5)28(4)35(45)23-29-16-17-32(46)24-33(29)39/h7,9-10,14-17,24,27-28,31,34-35,46H,6,8,11-13,18-23,25-26H2,1-5H3,(H2,41,42)(H,43,47)(H,44,48)/t28-,31-,34+,35-,39-,40+/m1/s1. The summed E-state index contributed by atoms with van der Waals surface area (Å²) in [6.45, 7) is 14.1. The maximum absolute atomic E-state index is 14.4. The van der Waals surface area contributed by atoms with Crippen LogP contribution in [0.2, 0.25) is 0 Å². The van der Waals surface area contributed by atoms with Crippen LogP contribution >= 0.6 is 0 Å². The largest absolute Gasteiger partial charge is 0.508 e. The maximum Gasteiger partial charge on any atom is 0.242 e. The second-order valence-corrected chi connectivity index (χ2v) is 15.4. The summed E-state index contributed by atoms with van der Waals surface area (Å²) < 4.78 is 0. The fraction of sp³-hybridized carbons (Fsp3) is 0.625. The number of aliphatic imine (C=N–C) groups is 1. The Morgan fingerprint density at radius 2 is 1.90 bits per heavy atom. The summed E-state index contributed by atoms with van der Waals surface area (Å²) >= 11 is 0. The molecule has 5 rings (SSSR count). The van der Waals surface area contributed by atoms with E-state index in [1.807, 2.05) is 30.3 Å². The maximum atomic E-state index is 14.4. The Labute approximate surface area is 288 Å². The van der Waals surface area contributed by atoms with Gasteiger partial charge in [0, 0.05) is 32.1 Å². The number of carbonyl (C=O) groups excluding carboxylic acids is 2. The number of rotatable bonds is 16. The molecule has 8 heteroatoms. The lowest BCUT2D eigenvalue weighted by atomic mass is 9.59. The molecule has 1 heterocycles. The second kappa shape index (κ2) is 15.4. The molecule has 2 aliphatic carbocycles. The minimum atomic E-state index is -0.640. The van der Waals surface area contributed by atoms with E-state index in [2.05, 4.69) is 73.3 Å². The normalized spacial score (nSPS) is 27.3. The van der Waals surface area contributed by atoms with E-state index < -0.39 is 11.5 Å². The molecule has 6 atom stereocenters. The van der Waals surface area contributed by atoms with Gasteiger partial charge in [-0.3, -0.25) is 19.5 Å². The zero-order valence-corrected chi connectivity index (χ0v) is 29.9. The van der Waals surface area contributed by atoms with Gasteiger partial charge in [-0.25, -0.2) is 0 Å². The van der Waals surface area contributed by atoms with Gasteiger partial charge in [0.25, 0.3) is 0 Å². The van der Waals surface area contributed by atoms with E-state index >= 15 is 0 Å². The minimum Gasteiger partial charge on any atom is -0.508 e. The summed E-state index contributed by atoms with van der Waals surface area (Å²) in [5.41, 5.74) is 8.96. The molecule has 1 aliphatic heterocycles. The summed E-state index contributed by atoms with van der Waals surface area (Å²) in [6.07, 6.45) is 7.98. The average Bonchev–Trinajstić information content (AvgIpc) is 3.79. The third kappa shape index (κ3) is 7.74. The molecule has 0 aromatic heterocycles. The molecule has 2 aromatic carbocycles. The lowest BCUT2D eigenvalue weighted by molar-refractivity contribution is -0.131. The van der Waals surface area contributed by atoms with Crippen molar-refractivity contribution >= 4 is 17.6 Å². The summed E-state index contributed by atoms with van der Waals surface area (Å²) in [5, 5.41) is 16.6. The predicted molar refractivity (Wildman–Crippen MR) is 194 cm³/mol. The van der Waals surface area contributed by atoms with Crippen molar-refractivity contribution in [1.29, 1.82) is 0 Å². The number of benzene rings is 2. The average molecular weight is 658 g/mol. The van der Waals surface area contributed by atoms with Gasteiger partial charge in [0.2, 0.25) is 11.8 Å². The van der Waals surface area contributed by atoms with Crippen LogP contribution in [0.4, 0.5) is 0 Å². The first-order chi connectivity index (χ1) is 23.0. The highest BCUT2D eigenvalue weighted by atomic mass is 16.3. The SMILES string of the molecule is CCCC(N)=NCCCCCNC(=O)[C@H](CC(C)C)NC(=O)[C@]1(c2ccccc2)C[C@@H]1CN1CC[C@@]2(C)c3cc(O)ccc3C[C@@H]1[C@H]2C. The Kier molecular flexibility index (Phi) is 11.5. The minimum absolute atomic E-state index is 0.0265. The zero-order chi connectivity index (χ0) is 34.5. The number of hydrogen-bond donors (Lipinski definition) is 4. The third-order valence-corrected chi connectivity index (χ3v) is 11.6. The van der Waals surface area contributed by atoms with E-state index in [0.29, 0.717) is 30.7 Å². The van der Waals surface area contributed by atoms with Gasteiger partial charge in [-0.2, -0.15) is 0 Å². The molecule has 0 unspecified atom stereocenters. The predicted octanol–water partition coefficient (Wildman–Crippen LogP) is 5.85. The van der Waals surface area contributed by atoms with Crippen molar-refractivity contribution in [2.75, 3.05) is 26.2 Å². The van der Waals surface area contributed by atoms with Crippen LogP contribution in [-0.2, 0) is 26.8 Å². The van der Waals surface area contributed by atoms with Crippen molar-refractivity contribution in [3.8, 4) is 5.75 Å². The Balaban J connectivity index is 1.24. The van der Waals surface area contributed by atoms with Crippen molar-refractivity contribution in [2.24, 2.45) is 28.5 Å². The van der Waals surface area contributed by atoms with E-state index in [4.69, 9.17) is 5.73 Å². The first-order valence-corrected chi connectivity index (χ1v) is 18.5. The zero-order valence-electron chi connectivity index (χ0n) is 29.9. The molecule has 8 nitrogen and oxygen atoms in total. The molecule has 2 fully saturated rings. The van der Waals surface area contributed by atoms with Crippen molar-refractivity contribution < 1.29 is 14.7 Å². The monoisotopic (exact) mass is 657 g/mol. The first-order valence-electron chi connectivity index (χ1n) is 18.5. The highest BCUT2D eigenvalue weighted by molar-refractivity contribution is 5.95. The molecule has 0 spiro atoms. The number of unbranched alkanes of at least 4 members (excludes halogenated alkanes) is 2. The van der Waals surface area contributed by atoms with Crippen LogP contribution in [0.15, 0.2) is 53.5 Å². The number of carbonyl (C=O) groups is 2. The van der Waals surface area contributed by atoms with Crippen molar-refractivity contribution in [2.45, 2.75) is 115 Å². The van der Waals surface area contributed by atoms with E-state index in [9.17, 15) is 14.7 Å². The van der Waals surface area contributed by atoms with Gasteiger partial charge < -0.3 is 21.5 Å². The Morgan fingerprint density at radius 3 is 2.62 bits per heavy atom. The Hall–Kier alpha value is -3.39. The number of nitrogens with two attached hydrogens (primary N) is 1. The second-order valence-electron chi connectivity index (χ2n) is 15.4. The number of hydrogen-bond acceptors (Lipinski definition) is 5. The number of fused-ring (bicyclic) bond motifs is 4.